The number of rotatable bonds is 3. The fourth-order valence-corrected chi connectivity index (χ4v) is 1.92. The van der Waals surface area contributed by atoms with E-state index in [4.69, 9.17) is 5.73 Å². The molecule has 0 atom stereocenters. The highest BCUT2D eigenvalue weighted by Gasteiger charge is 2.12. The van der Waals surface area contributed by atoms with Crippen LogP contribution in [0.15, 0.2) is 42.7 Å². The lowest BCUT2D eigenvalue weighted by Crippen LogP contribution is -2.15. The summed E-state index contributed by atoms with van der Waals surface area (Å²) in [7, 11) is 0. The van der Waals surface area contributed by atoms with Crippen LogP contribution in [0.4, 0.5) is 11.4 Å². The Balaban J connectivity index is 2.27. The summed E-state index contributed by atoms with van der Waals surface area (Å²) < 4.78 is 0. The van der Waals surface area contributed by atoms with E-state index in [9.17, 15) is 4.79 Å². The van der Waals surface area contributed by atoms with Crippen molar-refractivity contribution in [3.05, 3.63) is 53.9 Å². The van der Waals surface area contributed by atoms with Gasteiger partial charge in [-0.2, -0.15) is 0 Å². The topological polar surface area (TPSA) is 68.0 Å². The standard InChI is InChI=1S/C15H17N3O/c1-10(2)11-5-3-4-6-14(11)18-15(19)12-7-8-17-9-13(12)16/h3-10H,16H2,1-2H3,(H,18,19). The molecule has 0 radical (unpaired) electrons. The number of nitrogens with one attached hydrogen (secondary N) is 1. The van der Waals surface area contributed by atoms with Crippen molar-refractivity contribution in [3.8, 4) is 0 Å². The van der Waals surface area contributed by atoms with Gasteiger partial charge in [0.1, 0.15) is 0 Å². The number of carbonyl (C=O) groups excluding carboxylic acids is 1. The van der Waals surface area contributed by atoms with E-state index in [2.05, 4.69) is 24.1 Å². The molecular formula is C15H17N3O. The maximum absolute atomic E-state index is 12.2. The minimum Gasteiger partial charge on any atom is -0.397 e. The summed E-state index contributed by atoms with van der Waals surface area (Å²) >= 11 is 0. The Morgan fingerprint density at radius 1 is 1.26 bits per heavy atom. The van der Waals surface area contributed by atoms with E-state index >= 15 is 0 Å². The van der Waals surface area contributed by atoms with Crippen molar-refractivity contribution < 1.29 is 4.79 Å². The Morgan fingerprint density at radius 3 is 2.68 bits per heavy atom. The van der Waals surface area contributed by atoms with Gasteiger partial charge in [0.05, 0.1) is 17.4 Å². The molecule has 4 heteroatoms. The maximum Gasteiger partial charge on any atom is 0.257 e. The van der Waals surface area contributed by atoms with Crippen LogP contribution >= 0.6 is 0 Å². The Labute approximate surface area is 112 Å². The van der Waals surface area contributed by atoms with Crippen LogP contribution < -0.4 is 11.1 Å². The molecule has 19 heavy (non-hydrogen) atoms. The maximum atomic E-state index is 12.2. The number of amides is 1. The van der Waals surface area contributed by atoms with E-state index in [0.717, 1.165) is 11.3 Å². The van der Waals surface area contributed by atoms with Gasteiger partial charge in [-0.3, -0.25) is 9.78 Å². The zero-order valence-electron chi connectivity index (χ0n) is 11.1. The molecule has 0 aliphatic carbocycles. The van der Waals surface area contributed by atoms with Crippen molar-refractivity contribution in [2.24, 2.45) is 0 Å². The first kappa shape index (κ1) is 13.1. The average molecular weight is 255 g/mol. The number of anilines is 2. The molecule has 1 aromatic heterocycles. The second kappa shape index (κ2) is 5.52. The monoisotopic (exact) mass is 255 g/mol. The summed E-state index contributed by atoms with van der Waals surface area (Å²) in [4.78, 5) is 16.1. The van der Waals surface area contributed by atoms with Crippen LogP contribution in [0.2, 0.25) is 0 Å². The first-order valence-corrected chi connectivity index (χ1v) is 6.19. The Bertz CT molecular complexity index is 593. The molecule has 98 valence electrons. The molecule has 0 spiro atoms. The number of hydrogen-bond acceptors (Lipinski definition) is 3. The first-order valence-electron chi connectivity index (χ1n) is 6.19. The van der Waals surface area contributed by atoms with Crippen LogP contribution in [-0.2, 0) is 0 Å². The van der Waals surface area contributed by atoms with Crippen molar-refractivity contribution in [2.75, 3.05) is 11.1 Å². The van der Waals surface area contributed by atoms with Crippen LogP contribution in [0.25, 0.3) is 0 Å². The van der Waals surface area contributed by atoms with Gasteiger partial charge in [0.2, 0.25) is 0 Å². The molecule has 3 N–H and O–H groups in total. The van der Waals surface area contributed by atoms with Gasteiger partial charge in [-0.25, -0.2) is 0 Å². The minimum atomic E-state index is -0.215. The SMILES string of the molecule is CC(C)c1ccccc1NC(=O)c1ccncc1N. The third-order valence-corrected chi connectivity index (χ3v) is 2.93. The predicted octanol–water partition coefficient (Wildman–Crippen LogP) is 3.04. The van der Waals surface area contributed by atoms with Crippen LogP contribution in [0.3, 0.4) is 0 Å². The number of pyridine rings is 1. The second-order valence-electron chi connectivity index (χ2n) is 4.66. The average Bonchev–Trinajstić information content (AvgIpc) is 2.39. The highest BCUT2D eigenvalue weighted by Crippen LogP contribution is 2.24. The number of carbonyl (C=O) groups is 1. The molecule has 0 aliphatic heterocycles. The molecular weight excluding hydrogens is 238 g/mol. The highest BCUT2D eigenvalue weighted by atomic mass is 16.1. The molecule has 0 bridgehead atoms. The number of nitrogens with zero attached hydrogens (tertiary/aromatic N) is 1. The predicted molar refractivity (Wildman–Crippen MR) is 77.1 cm³/mol. The third-order valence-electron chi connectivity index (χ3n) is 2.93. The van der Waals surface area contributed by atoms with Gasteiger partial charge >= 0.3 is 0 Å². The summed E-state index contributed by atoms with van der Waals surface area (Å²) in [6.45, 7) is 4.18. The van der Waals surface area contributed by atoms with Gasteiger partial charge in [-0.15, -0.1) is 0 Å². The fraction of sp³-hybridized carbons (Fsp3) is 0.200. The number of nitrogen functional groups attached to an aromatic ring is 1. The molecule has 4 nitrogen and oxygen atoms in total. The van der Waals surface area contributed by atoms with Gasteiger partial charge in [-0.1, -0.05) is 32.0 Å². The Hall–Kier alpha value is -2.36. The number of nitrogens with two attached hydrogens (primary N) is 1. The lowest BCUT2D eigenvalue weighted by Gasteiger charge is -2.14. The lowest BCUT2D eigenvalue weighted by atomic mass is 10.0. The Kier molecular flexibility index (Phi) is 3.80. The molecule has 1 amide bonds. The van der Waals surface area contributed by atoms with E-state index < -0.39 is 0 Å². The Morgan fingerprint density at radius 2 is 2.00 bits per heavy atom. The van der Waals surface area contributed by atoms with Crippen molar-refractivity contribution in [1.82, 2.24) is 4.98 Å². The third kappa shape index (κ3) is 2.91. The zero-order valence-corrected chi connectivity index (χ0v) is 11.1. The molecule has 0 unspecified atom stereocenters. The molecule has 2 rings (SSSR count). The molecule has 0 aliphatic rings. The summed E-state index contributed by atoms with van der Waals surface area (Å²) in [5.41, 5.74) is 8.48. The molecule has 0 fully saturated rings. The van der Waals surface area contributed by atoms with Crippen LogP contribution in [-0.4, -0.2) is 10.9 Å². The number of hydrogen-bond donors (Lipinski definition) is 2. The van der Waals surface area contributed by atoms with Crippen molar-refractivity contribution in [1.29, 1.82) is 0 Å². The fourth-order valence-electron chi connectivity index (χ4n) is 1.92. The molecule has 1 aromatic carbocycles. The smallest absolute Gasteiger partial charge is 0.257 e. The quantitative estimate of drug-likeness (QED) is 0.885. The number of aromatic nitrogens is 1. The van der Waals surface area contributed by atoms with E-state index in [-0.39, 0.29) is 5.91 Å². The number of para-hydroxylation sites is 1. The normalized spacial score (nSPS) is 10.5. The molecule has 1 heterocycles. The van der Waals surface area contributed by atoms with Gasteiger partial charge in [0.25, 0.3) is 5.91 Å². The van der Waals surface area contributed by atoms with Crippen LogP contribution in [0, 0.1) is 0 Å². The molecule has 0 saturated heterocycles. The van der Waals surface area contributed by atoms with E-state index in [1.165, 1.54) is 6.20 Å². The van der Waals surface area contributed by atoms with E-state index in [0.29, 0.717) is 17.2 Å². The molecule has 2 aromatic rings. The lowest BCUT2D eigenvalue weighted by molar-refractivity contribution is 0.102. The van der Waals surface area contributed by atoms with Crippen LogP contribution in [0.5, 0.6) is 0 Å². The van der Waals surface area contributed by atoms with Gasteiger partial charge in [0, 0.05) is 11.9 Å². The zero-order chi connectivity index (χ0) is 13.8. The van der Waals surface area contributed by atoms with Gasteiger partial charge in [0.15, 0.2) is 0 Å². The van der Waals surface area contributed by atoms with Crippen molar-refractivity contribution in [3.63, 3.8) is 0 Å². The molecule has 0 saturated carbocycles. The summed E-state index contributed by atoms with van der Waals surface area (Å²) in [5, 5.41) is 2.90. The summed E-state index contributed by atoms with van der Waals surface area (Å²) in [6, 6.07) is 9.38. The minimum absolute atomic E-state index is 0.215. The van der Waals surface area contributed by atoms with Crippen molar-refractivity contribution in [2.45, 2.75) is 19.8 Å². The summed E-state index contributed by atoms with van der Waals surface area (Å²) in [6.07, 6.45) is 3.03. The number of benzene rings is 1. The summed E-state index contributed by atoms with van der Waals surface area (Å²) in [5.74, 6) is 0.124. The second-order valence-corrected chi connectivity index (χ2v) is 4.66. The van der Waals surface area contributed by atoms with E-state index in [1.54, 1.807) is 12.3 Å². The first-order chi connectivity index (χ1) is 9.09. The van der Waals surface area contributed by atoms with Crippen LogP contribution in [0.1, 0.15) is 35.7 Å². The van der Waals surface area contributed by atoms with Gasteiger partial charge < -0.3 is 11.1 Å². The van der Waals surface area contributed by atoms with E-state index in [1.807, 2.05) is 24.3 Å². The largest absolute Gasteiger partial charge is 0.397 e. The highest BCUT2D eigenvalue weighted by molar-refractivity contribution is 6.07. The van der Waals surface area contributed by atoms with Gasteiger partial charge in [-0.05, 0) is 23.6 Å². The van der Waals surface area contributed by atoms with Crippen molar-refractivity contribution >= 4 is 17.3 Å².